The van der Waals surface area contributed by atoms with Crippen molar-refractivity contribution in [1.82, 2.24) is 9.55 Å². The van der Waals surface area contributed by atoms with Crippen LogP contribution in [0.5, 0.6) is 11.5 Å². The third-order valence-corrected chi connectivity index (χ3v) is 5.14. The number of hydrogen-bond acceptors (Lipinski definition) is 7. The van der Waals surface area contributed by atoms with E-state index in [2.05, 4.69) is 10.3 Å². The van der Waals surface area contributed by atoms with Gasteiger partial charge >= 0.3 is 6.09 Å². The van der Waals surface area contributed by atoms with Crippen LogP contribution >= 0.6 is 0 Å². The average molecular weight is 437 g/mol. The van der Waals surface area contributed by atoms with Crippen LogP contribution in [0.15, 0.2) is 18.3 Å². The van der Waals surface area contributed by atoms with E-state index >= 15 is 0 Å². The molecule has 31 heavy (non-hydrogen) atoms. The van der Waals surface area contributed by atoms with Crippen LogP contribution in [0.2, 0.25) is 0 Å². The van der Waals surface area contributed by atoms with E-state index in [1.165, 1.54) is 13.3 Å². The Bertz CT molecular complexity index is 1030. The number of aromatic nitrogens is 2. The summed E-state index contributed by atoms with van der Waals surface area (Å²) in [7, 11) is 1.45. The highest BCUT2D eigenvalue weighted by Gasteiger charge is 2.42. The van der Waals surface area contributed by atoms with E-state index in [1.54, 1.807) is 23.6 Å². The molecule has 10 nitrogen and oxygen atoms in total. The molecule has 1 unspecified atom stereocenters. The summed E-state index contributed by atoms with van der Waals surface area (Å²) in [5.41, 5.74) is 6.36. The third kappa shape index (κ3) is 3.57. The van der Waals surface area contributed by atoms with E-state index in [1.807, 2.05) is 0 Å². The predicted molar refractivity (Wildman–Crippen MR) is 106 cm³/mol. The summed E-state index contributed by atoms with van der Waals surface area (Å²) >= 11 is 0. The van der Waals surface area contributed by atoms with Gasteiger partial charge in [-0.2, -0.15) is 0 Å². The molecule has 1 aromatic carbocycles. The van der Waals surface area contributed by atoms with Crippen molar-refractivity contribution in [3.05, 3.63) is 18.3 Å². The molecule has 0 bridgehead atoms. The number of amides is 2. The summed E-state index contributed by atoms with van der Waals surface area (Å²) in [6.45, 7) is 1.81. The average Bonchev–Trinajstić information content (AvgIpc) is 3.27. The molecule has 2 aliphatic heterocycles. The number of halogens is 2. The fraction of sp³-hybridized carbons (Fsp3) is 0.421. The van der Waals surface area contributed by atoms with E-state index in [9.17, 15) is 18.4 Å². The van der Waals surface area contributed by atoms with Crippen molar-refractivity contribution in [2.24, 2.45) is 5.73 Å². The van der Waals surface area contributed by atoms with Gasteiger partial charge in [0.05, 0.1) is 24.9 Å². The van der Waals surface area contributed by atoms with Gasteiger partial charge in [-0.05, 0) is 19.1 Å². The first-order valence-corrected chi connectivity index (χ1v) is 9.53. The lowest BCUT2D eigenvalue weighted by Gasteiger charge is -2.19. The molecule has 1 saturated heterocycles. The van der Waals surface area contributed by atoms with Gasteiger partial charge in [0.1, 0.15) is 31.1 Å². The lowest BCUT2D eigenvalue weighted by atomic mass is 10.1. The number of imidazole rings is 1. The summed E-state index contributed by atoms with van der Waals surface area (Å²) in [6, 6.07) is 1.32. The summed E-state index contributed by atoms with van der Waals surface area (Å²) in [4.78, 5) is 28.8. The summed E-state index contributed by atoms with van der Waals surface area (Å²) in [5, 5.41) is 2.97. The van der Waals surface area contributed by atoms with Crippen molar-refractivity contribution >= 4 is 23.5 Å². The second kappa shape index (κ2) is 7.93. The number of primary amides is 1. The largest absolute Gasteiger partial charge is 0.491 e. The number of methoxy groups -OCH3 is 1. The Labute approximate surface area is 175 Å². The van der Waals surface area contributed by atoms with Gasteiger partial charge in [0.25, 0.3) is 6.43 Å². The van der Waals surface area contributed by atoms with E-state index in [4.69, 9.17) is 19.9 Å². The molecule has 1 fully saturated rings. The number of hydrogen-bond donors (Lipinski definition) is 2. The van der Waals surface area contributed by atoms with Gasteiger partial charge in [-0.25, -0.2) is 23.5 Å². The molecule has 4 rings (SSSR count). The fourth-order valence-electron chi connectivity index (χ4n) is 3.54. The number of anilines is 2. The Morgan fingerprint density at radius 3 is 2.84 bits per heavy atom. The lowest BCUT2D eigenvalue weighted by Crippen LogP contribution is -2.38. The number of nitrogens with one attached hydrogen (secondary N) is 1. The van der Waals surface area contributed by atoms with E-state index < -0.39 is 37.1 Å². The topological polar surface area (TPSA) is 121 Å². The monoisotopic (exact) mass is 437 g/mol. The highest BCUT2D eigenvalue weighted by atomic mass is 19.3. The number of alkyl halides is 2. The first kappa shape index (κ1) is 20.7. The summed E-state index contributed by atoms with van der Waals surface area (Å²) in [5.74, 6) is 0.662. The Kier molecular flexibility index (Phi) is 5.29. The van der Waals surface area contributed by atoms with Crippen LogP contribution in [-0.4, -0.2) is 60.4 Å². The van der Waals surface area contributed by atoms with E-state index in [-0.39, 0.29) is 12.4 Å². The molecule has 12 heteroatoms. The standard InChI is InChI=1S/C19H21F2N5O5/c1-9(17(22)27)23-11-4-3-10-14(15(11)29-2)30-6-5-25-7-13(24-18(10)25)26-12(16(20)21)8-31-19(26)28/h3-4,7,9,12,16,23H,5-6,8H2,1-2H3,(H2,22,27)/t9?,12-/m0/s1. The smallest absolute Gasteiger partial charge is 0.416 e. The molecule has 2 aromatic rings. The van der Waals surface area contributed by atoms with Crippen molar-refractivity contribution in [2.75, 3.05) is 30.5 Å². The third-order valence-electron chi connectivity index (χ3n) is 5.14. The maximum atomic E-state index is 13.4. The number of nitrogens with zero attached hydrogens (tertiary/aromatic N) is 3. The Balaban J connectivity index is 1.76. The van der Waals surface area contributed by atoms with E-state index in [0.717, 1.165) is 4.90 Å². The molecule has 2 amide bonds. The summed E-state index contributed by atoms with van der Waals surface area (Å²) in [6.07, 6.45) is -2.12. The minimum absolute atomic E-state index is 0.0687. The molecule has 0 radical (unpaired) electrons. The number of carbonyl (C=O) groups is 2. The van der Waals surface area contributed by atoms with Crippen LogP contribution in [-0.2, 0) is 16.1 Å². The zero-order chi connectivity index (χ0) is 22.3. The van der Waals surface area contributed by atoms with Crippen molar-refractivity contribution in [2.45, 2.75) is 32.0 Å². The van der Waals surface area contributed by atoms with E-state index in [0.29, 0.717) is 35.1 Å². The molecule has 0 spiro atoms. The Morgan fingerprint density at radius 1 is 1.39 bits per heavy atom. The zero-order valence-corrected chi connectivity index (χ0v) is 16.8. The van der Waals surface area contributed by atoms with Crippen molar-refractivity contribution in [3.8, 4) is 22.9 Å². The van der Waals surface area contributed by atoms with Gasteiger partial charge in [0.2, 0.25) is 5.91 Å². The molecule has 0 saturated carbocycles. The second-order valence-corrected chi connectivity index (χ2v) is 7.10. The number of benzene rings is 1. The predicted octanol–water partition coefficient (Wildman–Crippen LogP) is 1.83. The number of carbonyl (C=O) groups excluding carboxylic acids is 2. The van der Waals surface area contributed by atoms with Crippen molar-refractivity contribution < 1.29 is 32.6 Å². The maximum absolute atomic E-state index is 13.4. The highest BCUT2D eigenvalue weighted by molar-refractivity contribution is 5.90. The first-order valence-electron chi connectivity index (χ1n) is 9.53. The summed E-state index contributed by atoms with van der Waals surface area (Å²) < 4.78 is 44.6. The first-order chi connectivity index (χ1) is 14.8. The second-order valence-electron chi connectivity index (χ2n) is 7.10. The molecule has 2 atom stereocenters. The Hall–Kier alpha value is -3.57. The molecular formula is C19H21F2N5O5. The van der Waals surface area contributed by atoms with Crippen molar-refractivity contribution in [1.29, 1.82) is 0 Å². The van der Waals surface area contributed by atoms with Gasteiger partial charge in [-0.3, -0.25) is 4.79 Å². The molecule has 166 valence electrons. The maximum Gasteiger partial charge on any atom is 0.416 e. The number of rotatable bonds is 6. The van der Waals surface area contributed by atoms with Crippen LogP contribution in [0.4, 0.5) is 25.1 Å². The number of nitrogens with two attached hydrogens (primary N) is 1. The quantitative estimate of drug-likeness (QED) is 0.707. The molecule has 3 heterocycles. The van der Waals surface area contributed by atoms with Crippen LogP contribution in [0, 0.1) is 0 Å². The van der Waals surface area contributed by atoms with Crippen LogP contribution in [0.3, 0.4) is 0 Å². The fourth-order valence-corrected chi connectivity index (χ4v) is 3.54. The lowest BCUT2D eigenvalue weighted by molar-refractivity contribution is -0.118. The minimum atomic E-state index is -2.77. The van der Waals surface area contributed by atoms with Crippen LogP contribution in [0.25, 0.3) is 11.4 Å². The van der Waals surface area contributed by atoms with Gasteiger partial charge < -0.3 is 29.8 Å². The van der Waals surface area contributed by atoms with Gasteiger partial charge in [0.15, 0.2) is 17.3 Å². The number of fused-ring (bicyclic) bond motifs is 3. The zero-order valence-electron chi connectivity index (χ0n) is 16.8. The van der Waals surface area contributed by atoms with Crippen LogP contribution in [0.1, 0.15) is 6.92 Å². The van der Waals surface area contributed by atoms with Gasteiger partial charge in [0, 0.05) is 6.20 Å². The van der Waals surface area contributed by atoms with Crippen molar-refractivity contribution in [3.63, 3.8) is 0 Å². The minimum Gasteiger partial charge on any atom is -0.491 e. The molecule has 1 aromatic heterocycles. The molecule has 2 aliphatic rings. The number of cyclic esters (lactones) is 1. The van der Waals surface area contributed by atoms with Gasteiger partial charge in [-0.15, -0.1) is 0 Å². The molecular weight excluding hydrogens is 416 g/mol. The van der Waals surface area contributed by atoms with Crippen LogP contribution < -0.4 is 25.4 Å². The SMILES string of the molecule is COc1c(NC(C)C(N)=O)ccc2c1OCCn1cc(N3C(=O)OC[C@H]3C(F)F)nc1-2. The normalized spacial score (nSPS) is 18.5. The van der Waals surface area contributed by atoms with Gasteiger partial charge in [-0.1, -0.05) is 0 Å². The molecule has 0 aliphatic carbocycles. The highest BCUT2D eigenvalue weighted by Crippen LogP contribution is 2.45. The molecule has 3 N–H and O–H groups in total. The Morgan fingerprint density at radius 2 is 2.16 bits per heavy atom. The number of ether oxygens (including phenoxy) is 3.